The second-order valence-electron chi connectivity index (χ2n) is 7.65. The van der Waals surface area contributed by atoms with E-state index in [4.69, 9.17) is 18.7 Å². The molecule has 0 spiro atoms. The van der Waals surface area contributed by atoms with Crippen LogP contribution in [0.2, 0.25) is 0 Å². The van der Waals surface area contributed by atoms with Gasteiger partial charge in [0, 0.05) is 23.1 Å². The first-order valence-corrected chi connectivity index (χ1v) is 12.7. The largest absolute Gasteiger partial charge is 0.465 e. The van der Waals surface area contributed by atoms with Gasteiger partial charge in [-0.15, -0.1) is 11.3 Å². The number of sulfonamides is 1. The maximum atomic E-state index is 14.0. The summed E-state index contributed by atoms with van der Waals surface area (Å²) in [5, 5.41) is 3.99. The summed E-state index contributed by atoms with van der Waals surface area (Å²) in [4.78, 5) is 12.7. The molecule has 0 aliphatic rings. The Balaban J connectivity index is 2.10. The van der Waals surface area contributed by atoms with Crippen molar-refractivity contribution in [2.75, 3.05) is 38.5 Å². The lowest BCUT2D eigenvalue weighted by Crippen LogP contribution is -2.34. The van der Waals surface area contributed by atoms with Crippen LogP contribution in [0.15, 0.2) is 33.0 Å². The van der Waals surface area contributed by atoms with Crippen LogP contribution in [0.5, 0.6) is 0 Å². The van der Waals surface area contributed by atoms with Crippen LogP contribution < -0.4 is 4.31 Å². The van der Waals surface area contributed by atoms with E-state index in [0.717, 1.165) is 26.1 Å². The number of carbonyl (C=O) groups excluding carboxylic acids is 1. The zero-order valence-corrected chi connectivity index (χ0v) is 21.6. The highest BCUT2D eigenvalue weighted by Gasteiger charge is 2.34. The van der Waals surface area contributed by atoms with E-state index in [-0.39, 0.29) is 23.4 Å². The van der Waals surface area contributed by atoms with Crippen LogP contribution in [0.4, 0.5) is 5.82 Å². The van der Waals surface area contributed by atoms with Gasteiger partial charge in [0.05, 0.1) is 25.9 Å². The molecule has 2 heterocycles. The van der Waals surface area contributed by atoms with Gasteiger partial charge in [-0.25, -0.2) is 17.5 Å². The predicted octanol–water partition coefficient (Wildman–Crippen LogP) is 4.24. The lowest BCUT2D eigenvalue weighted by Gasteiger charge is -2.22. The normalized spacial score (nSPS) is 11.6. The fourth-order valence-corrected chi connectivity index (χ4v) is 6.45. The molecule has 0 fully saturated rings. The van der Waals surface area contributed by atoms with E-state index in [1.807, 2.05) is 19.9 Å². The molecule has 0 radical (unpaired) electrons. The first-order chi connectivity index (χ1) is 16.1. The molecule has 184 valence electrons. The predicted molar refractivity (Wildman–Crippen MR) is 129 cm³/mol. The van der Waals surface area contributed by atoms with Crippen LogP contribution in [-0.2, 0) is 24.2 Å². The van der Waals surface area contributed by atoms with Crippen molar-refractivity contribution in [2.45, 2.75) is 31.9 Å². The van der Waals surface area contributed by atoms with E-state index in [1.165, 1.54) is 14.2 Å². The molecule has 0 amide bonds. The quantitative estimate of drug-likeness (QED) is 0.227. The first-order valence-electron chi connectivity index (χ1n) is 10.4. The molecule has 11 heteroatoms. The van der Waals surface area contributed by atoms with Gasteiger partial charge in [0.1, 0.15) is 16.7 Å². The van der Waals surface area contributed by atoms with Crippen molar-refractivity contribution in [3.63, 3.8) is 0 Å². The third kappa shape index (κ3) is 5.17. The Bertz CT molecular complexity index is 1280. The Kier molecular flexibility index (Phi) is 8.13. The third-order valence-electron chi connectivity index (χ3n) is 5.29. The second-order valence-corrected chi connectivity index (χ2v) is 11.0. The van der Waals surface area contributed by atoms with Crippen LogP contribution in [0, 0.1) is 27.7 Å². The van der Waals surface area contributed by atoms with Gasteiger partial charge in [0.15, 0.2) is 5.82 Å². The number of hydrogen-bond donors (Lipinski definition) is 0. The molecular formula is C23H28N2O7S2. The molecule has 0 saturated heterocycles. The van der Waals surface area contributed by atoms with Crippen molar-refractivity contribution >= 4 is 33.1 Å². The number of esters is 1. The Hall–Kier alpha value is -2.73. The summed E-state index contributed by atoms with van der Waals surface area (Å²) in [6, 6.07) is 6.85. The van der Waals surface area contributed by atoms with Crippen LogP contribution in [-0.4, -0.2) is 53.7 Å². The van der Waals surface area contributed by atoms with Gasteiger partial charge in [0.25, 0.3) is 10.0 Å². The van der Waals surface area contributed by atoms with Gasteiger partial charge in [-0.1, -0.05) is 11.2 Å². The first kappa shape index (κ1) is 25.9. The van der Waals surface area contributed by atoms with Gasteiger partial charge in [0.2, 0.25) is 0 Å². The minimum absolute atomic E-state index is 0.148. The monoisotopic (exact) mass is 508 g/mol. The molecule has 9 nitrogen and oxygen atoms in total. The lowest BCUT2D eigenvalue weighted by molar-refractivity contribution is 0.0600. The molecule has 2 aromatic heterocycles. The van der Waals surface area contributed by atoms with Crippen LogP contribution >= 0.6 is 11.3 Å². The second kappa shape index (κ2) is 10.7. The molecule has 0 bridgehead atoms. The Labute approximate surface area is 203 Å². The minimum atomic E-state index is -4.08. The van der Waals surface area contributed by atoms with Gasteiger partial charge in [-0.2, -0.15) is 0 Å². The number of rotatable bonds is 10. The Morgan fingerprint density at radius 1 is 1.09 bits per heavy atom. The summed E-state index contributed by atoms with van der Waals surface area (Å²) in [5.41, 5.74) is 2.97. The molecule has 0 saturated carbocycles. The molecule has 0 unspecified atom stereocenters. The summed E-state index contributed by atoms with van der Waals surface area (Å²) in [6.07, 6.45) is 0. The number of aryl methyl sites for hydroxylation is 3. The number of anilines is 1. The van der Waals surface area contributed by atoms with E-state index < -0.39 is 16.0 Å². The topological polar surface area (TPSA) is 108 Å². The number of ether oxygens (including phenoxy) is 3. The summed E-state index contributed by atoms with van der Waals surface area (Å²) < 4.78 is 49.8. The third-order valence-corrected chi connectivity index (χ3v) is 8.57. The van der Waals surface area contributed by atoms with Gasteiger partial charge in [-0.05, 0) is 57.0 Å². The molecule has 1 aromatic carbocycles. The molecule has 0 N–H and O–H groups in total. The molecule has 34 heavy (non-hydrogen) atoms. The van der Waals surface area contributed by atoms with Crippen molar-refractivity contribution in [2.24, 2.45) is 0 Å². The van der Waals surface area contributed by atoms with Crippen LogP contribution in [0.3, 0.4) is 0 Å². The number of carbonyl (C=O) groups is 1. The zero-order chi connectivity index (χ0) is 25.0. The van der Waals surface area contributed by atoms with Crippen LogP contribution in [0.1, 0.15) is 32.1 Å². The number of methoxy groups -OCH3 is 2. The van der Waals surface area contributed by atoms with Crippen molar-refractivity contribution in [3.8, 4) is 11.1 Å². The smallest absolute Gasteiger partial charge is 0.337 e. The molecule has 0 atom stereocenters. The van der Waals surface area contributed by atoms with Crippen molar-refractivity contribution in [1.82, 2.24) is 5.16 Å². The summed E-state index contributed by atoms with van der Waals surface area (Å²) in [7, 11) is -1.23. The highest BCUT2D eigenvalue weighted by molar-refractivity contribution is 7.95. The number of nitrogens with zero attached hydrogens (tertiary/aromatic N) is 2. The highest BCUT2D eigenvalue weighted by Crippen LogP contribution is 2.40. The average Bonchev–Trinajstić information content (AvgIpc) is 3.35. The summed E-state index contributed by atoms with van der Waals surface area (Å²) >= 11 is 1.16. The summed E-state index contributed by atoms with van der Waals surface area (Å²) in [5.74, 6) is 0.230. The Morgan fingerprint density at radius 3 is 2.41 bits per heavy atom. The highest BCUT2D eigenvalue weighted by atomic mass is 32.2. The van der Waals surface area contributed by atoms with Gasteiger partial charge >= 0.3 is 5.97 Å². The zero-order valence-electron chi connectivity index (χ0n) is 20.0. The van der Waals surface area contributed by atoms with E-state index in [1.54, 1.807) is 32.0 Å². The number of thiophene rings is 1. The maximum absolute atomic E-state index is 14.0. The molecule has 3 aromatic rings. The molecule has 0 aliphatic carbocycles. The molecular weight excluding hydrogens is 480 g/mol. The fourth-order valence-electron chi connectivity index (χ4n) is 3.36. The van der Waals surface area contributed by atoms with E-state index in [0.29, 0.717) is 34.6 Å². The number of hydrogen-bond acceptors (Lipinski definition) is 9. The van der Waals surface area contributed by atoms with Crippen molar-refractivity contribution in [3.05, 3.63) is 51.6 Å². The van der Waals surface area contributed by atoms with Gasteiger partial charge < -0.3 is 18.7 Å². The number of aromatic nitrogens is 1. The number of benzene rings is 1. The SMILES string of the molecule is COCCOCN(c1noc(C)c1C)S(=O)(=O)c1sc(C)cc1-c1ccc(C(=O)OC)cc1C. The maximum Gasteiger partial charge on any atom is 0.337 e. The van der Waals surface area contributed by atoms with Crippen molar-refractivity contribution in [1.29, 1.82) is 0 Å². The molecule has 0 aliphatic heterocycles. The standard InChI is InChI=1S/C23H28N2O7S2/c1-14-11-18(22(26)30-6)7-8-19(14)20-12-15(2)33-23(20)34(27,28)25(13-31-10-9-29-5)21-16(3)17(4)32-24-21/h7-8,11-12H,9-10,13H2,1-6H3. The van der Waals surface area contributed by atoms with Crippen molar-refractivity contribution < 1.29 is 31.9 Å². The molecule has 3 rings (SSSR count). The Morgan fingerprint density at radius 2 is 1.82 bits per heavy atom. The van der Waals surface area contributed by atoms with Crippen LogP contribution in [0.25, 0.3) is 11.1 Å². The minimum Gasteiger partial charge on any atom is -0.465 e. The van der Waals surface area contributed by atoms with E-state index in [2.05, 4.69) is 5.16 Å². The fraction of sp³-hybridized carbons (Fsp3) is 0.391. The lowest BCUT2D eigenvalue weighted by atomic mass is 10.0. The summed E-state index contributed by atoms with van der Waals surface area (Å²) in [6.45, 7) is 7.40. The van der Waals surface area contributed by atoms with Gasteiger partial charge in [-0.3, -0.25) is 0 Å². The average molecular weight is 509 g/mol. The van der Waals surface area contributed by atoms with E-state index >= 15 is 0 Å². The van der Waals surface area contributed by atoms with E-state index in [9.17, 15) is 13.2 Å².